The van der Waals surface area contributed by atoms with E-state index >= 15 is 0 Å². The van der Waals surface area contributed by atoms with E-state index in [0.717, 1.165) is 0 Å². The fourth-order valence-electron chi connectivity index (χ4n) is 1.64. The van der Waals surface area contributed by atoms with Crippen molar-refractivity contribution in [1.29, 1.82) is 0 Å². The lowest BCUT2D eigenvalue weighted by Gasteiger charge is -2.26. The molecule has 0 saturated carbocycles. The number of anilines is 1. The van der Waals surface area contributed by atoms with Crippen LogP contribution in [-0.4, -0.2) is 13.1 Å². The van der Waals surface area contributed by atoms with Gasteiger partial charge in [0.1, 0.15) is 0 Å². The Morgan fingerprint density at radius 1 is 1.07 bits per heavy atom. The van der Waals surface area contributed by atoms with E-state index in [0.29, 0.717) is 12.0 Å². The first kappa shape index (κ1) is 12.1. The summed E-state index contributed by atoms with van der Waals surface area (Å²) in [5, 5.41) is 0. The summed E-state index contributed by atoms with van der Waals surface area (Å²) in [4.78, 5) is 2.33. The second-order valence-electron chi connectivity index (χ2n) is 4.91. The molecule has 0 N–H and O–H groups in total. The summed E-state index contributed by atoms with van der Waals surface area (Å²) in [6.45, 7) is 11.1. The molecule has 0 aliphatic heterocycles. The number of nitrogens with zero attached hydrogens (tertiary/aromatic N) is 1. The molecule has 0 unspecified atom stereocenters. The number of benzene rings is 1. The highest BCUT2D eigenvalue weighted by molar-refractivity contribution is 5.55. The topological polar surface area (TPSA) is 3.24 Å². The van der Waals surface area contributed by atoms with Gasteiger partial charge in [0.05, 0.1) is 0 Å². The van der Waals surface area contributed by atoms with E-state index in [4.69, 9.17) is 0 Å². The fraction of sp³-hybridized carbons (Fsp3) is 0.571. The third-order valence-corrected chi connectivity index (χ3v) is 3.05. The Bertz CT molecular complexity index is 326. The first-order valence-corrected chi connectivity index (χ1v) is 5.77. The van der Waals surface area contributed by atoms with Crippen LogP contribution in [0.15, 0.2) is 18.2 Å². The van der Waals surface area contributed by atoms with E-state index in [1.807, 2.05) is 0 Å². The smallest absolute Gasteiger partial charge is 0.0398 e. The summed E-state index contributed by atoms with van der Waals surface area (Å²) in [5.41, 5.74) is 4.13. The summed E-state index contributed by atoms with van der Waals surface area (Å²) >= 11 is 0. The predicted molar refractivity (Wildman–Crippen MR) is 68.8 cm³/mol. The molecule has 0 fully saturated rings. The van der Waals surface area contributed by atoms with Gasteiger partial charge in [-0.3, -0.25) is 0 Å². The van der Waals surface area contributed by atoms with Crippen LogP contribution >= 0.6 is 0 Å². The Hall–Kier alpha value is -0.980. The van der Waals surface area contributed by atoms with E-state index in [9.17, 15) is 0 Å². The Labute approximate surface area is 94.1 Å². The summed E-state index contributed by atoms with van der Waals surface area (Å²) in [6.07, 6.45) is 0. The molecule has 0 aromatic heterocycles. The molecule has 0 aliphatic rings. The highest BCUT2D eigenvalue weighted by atomic mass is 15.1. The standard InChI is InChI=1S/C14H23N/c1-10(2)13-8-7-12(5)14(9-13)15(6)11(3)4/h7-11H,1-6H3. The quantitative estimate of drug-likeness (QED) is 0.722. The Balaban J connectivity index is 3.10. The van der Waals surface area contributed by atoms with Gasteiger partial charge in [-0.15, -0.1) is 0 Å². The van der Waals surface area contributed by atoms with Gasteiger partial charge < -0.3 is 4.90 Å². The molecule has 0 bridgehead atoms. The second kappa shape index (κ2) is 4.69. The van der Waals surface area contributed by atoms with Crippen LogP contribution in [0.1, 0.15) is 44.7 Å². The van der Waals surface area contributed by atoms with Crippen LogP contribution in [0.2, 0.25) is 0 Å². The zero-order valence-corrected chi connectivity index (χ0v) is 10.8. The first-order valence-electron chi connectivity index (χ1n) is 5.77. The van der Waals surface area contributed by atoms with Gasteiger partial charge in [0.25, 0.3) is 0 Å². The monoisotopic (exact) mass is 205 g/mol. The molecule has 1 aromatic rings. The van der Waals surface area contributed by atoms with Gasteiger partial charge in [0, 0.05) is 18.8 Å². The van der Waals surface area contributed by atoms with Crippen molar-refractivity contribution >= 4 is 5.69 Å². The van der Waals surface area contributed by atoms with Crippen molar-refractivity contribution in [2.75, 3.05) is 11.9 Å². The summed E-state index contributed by atoms with van der Waals surface area (Å²) in [6, 6.07) is 7.33. The number of hydrogen-bond donors (Lipinski definition) is 0. The van der Waals surface area contributed by atoms with Crippen LogP contribution in [0.4, 0.5) is 5.69 Å². The fourth-order valence-corrected chi connectivity index (χ4v) is 1.64. The molecule has 84 valence electrons. The summed E-state index contributed by atoms with van der Waals surface area (Å²) in [5.74, 6) is 0.602. The molecular weight excluding hydrogens is 182 g/mol. The van der Waals surface area contributed by atoms with Gasteiger partial charge in [-0.1, -0.05) is 26.0 Å². The highest BCUT2D eigenvalue weighted by Gasteiger charge is 2.09. The lowest BCUT2D eigenvalue weighted by atomic mass is 10.00. The van der Waals surface area contributed by atoms with Crippen molar-refractivity contribution in [3.63, 3.8) is 0 Å². The molecule has 0 amide bonds. The Morgan fingerprint density at radius 2 is 1.67 bits per heavy atom. The number of rotatable bonds is 3. The molecule has 1 nitrogen and oxygen atoms in total. The summed E-state index contributed by atoms with van der Waals surface area (Å²) < 4.78 is 0. The first-order chi connectivity index (χ1) is 6.93. The third kappa shape index (κ3) is 2.74. The maximum Gasteiger partial charge on any atom is 0.0398 e. The van der Waals surface area contributed by atoms with Crippen molar-refractivity contribution in [1.82, 2.24) is 0 Å². The van der Waals surface area contributed by atoms with Crippen molar-refractivity contribution in [2.24, 2.45) is 0 Å². The average molecular weight is 205 g/mol. The van der Waals surface area contributed by atoms with E-state index in [2.05, 4.69) is 64.8 Å². The lowest BCUT2D eigenvalue weighted by molar-refractivity contribution is 0.750. The molecule has 0 spiro atoms. The molecule has 15 heavy (non-hydrogen) atoms. The molecule has 0 heterocycles. The number of aryl methyl sites for hydroxylation is 1. The Kier molecular flexibility index (Phi) is 3.78. The highest BCUT2D eigenvalue weighted by Crippen LogP contribution is 2.25. The maximum absolute atomic E-state index is 2.33. The van der Waals surface area contributed by atoms with Gasteiger partial charge in [-0.25, -0.2) is 0 Å². The second-order valence-corrected chi connectivity index (χ2v) is 4.91. The molecule has 0 saturated heterocycles. The van der Waals surface area contributed by atoms with Gasteiger partial charge in [0.15, 0.2) is 0 Å². The molecule has 1 heteroatoms. The minimum Gasteiger partial charge on any atom is -0.372 e. The molecule has 0 radical (unpaired) electrons. The maximum atomic E-state index is 2.33. The SMILES string of the molecule is Cc1ccc(C(C)C)cc1N(C)C(C)C. The van der Waals surface area contributed by atoms with Crippen molar-refractivity contribution in [2.45, 2.75) is 46.6 Å². The third-order valence-electron chi connectivity index (χ3n) is 3.05. The molecule has 1 rings (SSSR count). The molecule has 0 atom stereocenters. The van der Waals surface area contributed by atoms with Crippen LogP contribution in [0.3, 0.4) is 0 Å². The number of hydrogen-bond acceptors (Lipinski definition) is 1. The van der Waals surface area contributed by atoms with Crippen molar-refractivity contribution in [3.8, 4) is 0 Å². The van der Waals surface area contributed by atoms with Gasteiger partial charge in [-0.2, -0.15) is 0 Å². The summed E-state index contributed by atoms with van der Waals surface area (Å²) in [7, 11) is 2.16. The van der Waals surface area contributed by atoms with Gasteiger partial charge in [-0.05, 0) is 43.9 Å². The van der Waals surface area contributed by atoms with E-state index < -0.39 is 0 Å². The van der Waals surface area contributed by atoms with E-state index in [1.54, 1.807) is 0 Å². The van der Waals surface area contributed by atoms with Crippen LogP contribution in [0.5, 0.6) is 0 Å². The van der Waals surface area contributed by atoms with Crippen LogP contribution in [0, 0.1) is 6.92 Å². The minimum absolute atomic E-state index is 0.547. The normalized spacial score (nSPS) is 11.2. The van der Waals surface area contributed by atoms with E-state index in [-0.39, 0.29) is 0 Å². The molecule has 1 aromatic carbocycles. The van der Waals surface area contributed by atoms with E-state index in [1.165, 1.54) is 16.8 Å². The van der Waals surface area contributed by atoms with Gasteiger partial charge in [0.2, 0.25) is 0 Å². The molecular formula is C14H23N. The Morgan fingerprint density at radius 3 is 2.13 bits per heavy atom. The van der Waals surface area contributed by atoms with Gasteiger partial charge >= 0.3 is 0 Å². The predicted octanol–water partition coefficient (Wildman–Crippen LogP) is 3.96. The van der Waals surface area contributed by atoms with Crippen molar-refractivity contribution in [3.05, 3.63) is 29.3 Å². The zero-order valence-electron chi connectivity index (χ0n) is 10.8. The van der Waals surface area contributed by atoms with Crippen molar-refractivity contribution < 1.29 is 0 Å². The van der Waals surface area contributed by atoms with Crippen LogP contribution in [-0.2, 0) is 0 Å². The molecule has 0 aliphatic carbocycles. The minimum atomic E-state index is 0.547. The zero-order chi connectivity index (χ0) is 11.6. The largest absolute Gasteiger partial charge is 0.372 e. The lowest BCUT2D eigenvalue weighted by Crippen LogP contribution is -2.26. The average Bonchev–Trinajstić information content (AvgIpc) is 2.16. The van der Waals surface area contributed by atoms with Crippen LogP contribution < -0.4 is 4.90 Å². The van der Waals surface area contributed by atoms with Crippen LogP contribution in [0.25, 0.3) is 0 Å².